The lowest BCUT2D eigenvalue weighted by molar-refractivity contribution is -0.152. The van der Waals surface area contributed by atoms with Crippen LogP contribution in [0.15, 0.2) is 12.2 Å². The van der Waals surface area contributed by atoms with Crippen LogP contribution in [0.1, 0.15) is 33.6 Å². The van der Waals surface area contributed by atoms with Crippen molar-refractivity contribution in [3.8, 4) is 0 Å². The molecule has 1 rings (SSSR count). The Morgan fingerprint density at radius 1 is 1.57 bits per heavy atom. The molecule has 0 heterocycles. The minimum Gasteiger partial charge on any atom is -0.469 e. The van der Waals surface area contributed by atoms with E-state index >= 15 is 0 Å². The number of methoxy groups -OCH3 is 1. The summed E-state index contributed by atoms with van der Waals surface area (Å²) >= 11 is 0. The monoisotopic (exact) mass is 196 g/mol. The zero-order chi connectivity index (χ0) is 10.9. The molecule has 0 bridgehead atoms. The molecular weight excluding hydrogens is 176 g/mol. The summed E-state index contributed by atoms with van der Waals surface area (Å²) in [5.74, 6) is 0.264. The summed E-state index contributed by atoms with van der Waals surface area (Å²) in [5.41, 5.74) is 1.05. The maximum atomic E-state index is 11.7. The van der Waals surface area contributed by atoms with Gasteiger partial charge in [-0.3, -0.25) is 4.79 Å². The van der Waals surface area contributed by atoms with Gasteiger partial charge in [-0.05, 0) is 24.2 Å². The first-order valence-corrected chi connectivity index (χ1v) is 5.17. The van der Waals surface area contributed by atoms with E-state index in [2.05, 4.69) is 27.4 Å². The molecule has 0 aromatic rings. The van der Waals surface area contributed by atoms with Gasteiger partial charge in [0.25, 0.3) is 0 Å². The van der Waals surface area contributed by atoms with E-state index in [4.69, 9.17) is 4.74 Å². The van der Waals surface area contributed by atoms with Gasteiger partial charge < -0.3 is 4.74 Å². The van der Waals surface area contributed by atoms with E-state index < -0.39 is 0 Å². The molecule has 0 radical (unpaired) electrons. The molecule has 2 heteroatoms. The Bertz CT molecular complexity index is 253. The van der Waals surface area contributed by atoms with Gasteiger partial charge in [0.05, 0.1) is 13.0 Å². The van der Waals surface area contributed by atoms with Gasteiger partial charge in [0, 0.05) is 0 Å². The number of esters is 1. The summed E-state index contributed by atoms with van der Waals surface area (Å²) < 4.78 is 4.86. The molecule has 0 amide bonds. The normalized spacial score (nSPS) is 31.3. The van der Waals surface area contributed by atoms with Gasteiger partial charge in [-0.25, -0.2) is 0 Å². The fraction of sp³-hybridized carbons (Fsp3) is 0.750. The molecule has 0 saturated heterocycles. The van der Waals surface area contributed by atoms with Crippen molar-refractivity contribution in [3.05, 3.63) is 12.2 Å². The minimum absolute atomic E-state index is 0.0336. The molecule has 0 aromatic heterocycles. The fourth-order valence-corrected chi connectivity index (χ4v) is 2.48. The van der Waals surface area contributed by atoms with Gasteiger partial charge in [0.1, 0.15) is 0 Å². The first kappa shape index (κ1) is 11.3. The molecule has 0 aliphatic heterocycles. The van der Waals surface area contributed by atoms with Gasteiger partial charge in [0.15, 0.2) is 0 Å². The number of carbonyl (C=O) groups excluding carboxylic acids is 1. The van der Waals surface area contributed by atoms with Crippen LogP contribution in [0.3, 0.4) is 0 Å². The van der Waals surface area contributed by atoms with Crippen molar-refractivity contribution < 1.29 is 9.53 Å². The van der Waals surface area contributed by atoms with Crippen LogP contribution in [-0.2, 0) is 9.53 Å². The molecule has 0 aromatic carbocycles. The van der Waals surface area contributed by atoms with Crippen molar-refractivity contribution in [2.45, 2.75) is 33.6 Å². The second kappa shape index (κ2) is 3.76. The number of allylic oxidation sites excluding steroid dienone is 1. The Morgan fingerprint density at radius 3 is 2.64 bits per heavy atom. The Morgan fingerprint density at radius 2 is 2.14 bits per heavy atom. The van der Waals surface area contributed by atoms with Gasteiger partial charge >= 0.3 is 5.97 Å². The standard InChI is InChI=1S/C12H20O2/c1-8-6-7-9(2)12(3,4)10(8)11(13)14-5/h8,10H,2,6-7H2,1,3-5H3. The largest absolute Gasteiger partial charge is 0.469 e. The smallest absolute Gasteiger partial charge is 0.309 e. The van der Waals surface area contributed by atoms with Crippen molar-refractivity contribution in [1.29, 1.82) is 0 Å². The highest BCUT2D eigenvalue weighted by molar-refractivity contribution is 5.74. The summed E-state index contributed by atoms with van der Waals surface area (Å²) in [5, 5.41) is 0. The third-order valence-electron chi connectivity index (χ3n) is 3.61. The van der Waals surface area contributed by atoms with Crippen LogP contribution in [0, 0.1) is 17.3 Å². The van der Waals surface area contributed by atoms with Crippen LogP contribution < -0.4 is 0 Å². The van der Waals surface area contributed by atoms with Gasteiger partial charge in [-0.1, -0.05) is 32.9 Å². The number of hydrogen-bond donors (Lipinski definition) is 0. The van der Waals surface area contributed by atoms with E-state index in [9.17, 15) is 4.79 Å². The Labute approximate surface area is 86.3 Å². The number of carbonyl (C=O) groups is 1. The van der Waals surface area contributed by atoms with E-state index in [1.54, 1.807) is 0 Å². The lowest BCUT2D eigenvalue weighted by Gasteiger charge is -2.42. The van der Waals surface area contributed by atoms with Crippen molar-refractivity contribution in [1.82, 2.24) is 0 Å². The van der Waals surface area contributed by atoms with Crippen LogP contribution in [0.2, 0.25) is 0 Å². The maximum absolute atomic E-state index is 11.7. The molecule has 2 atom stereocenters. The molecule has 0 spiro atoms. The average molecular weight is 196 g/mol. The quantitative estimate of drug-likeness (QED) is 0.476. The molecule has 80 valence electrons. The number of rotatable bonds is 1. The van der Waals surface area contributed by atoms with Crippen molar-refractivity contribution in [2.24, 2.45) is 17.3 Å². The molecule has 2 unspecified atom stereocenters. The van der Waals surface area contributed by atoms with Crippen molar-refractivity contribution >= 4 is 5.97 Å². The molecule has 1 saturated carbocycles. The Hall–Kier alpha value is -0.790. The summed E-state index contributed by atoms with van der Waals surface area (Å²) in [6.07, 6.45) is 2.07. The molecule has 2 nitrogen and oxygen atoms in total. The minimum atomic E-state index is -0.120. The van der Waals surface area contributed by atoms with E-state index in [0.29, 0.717) is 5.92 Å². The number of ether oxygens (including phenoxy) is 1. The molecule has 1 fully saturated rings. The molecule has 1 aliphatic carbocycles. The second-order valence-electron chi connectivity index (χ2n) is 4.84. The van der Waals surface area contributed by atoms with Crippen molar-refractivity contribution in [3.63, 3.8) is 0 Å². The van der Waals surface area contributed by atoms with Crippen LogP contribution in [0.4, 0.5) is 0 Å². The second-order valence-corrected chi connectivity index (χ2v) is 4.84. The zero-order valence-electron chi connectivity index (χ0n) is 9.59. The third-order valence-corrected chi connectivity index (χ3v) is 3.61. The highest BCUT2D eigenvalue weighted by atomic mass is 16.5. The van der Waals surface area contributed by atoms with E-state index in [0.717, 1.165) is 12.8 Å². The predicted molar refractivity (Wildman–Crippen MR) is 56.8 cm³/mol. The SMILES string of the molecule is C=C1CCC(C)C(C(=O)OC)C1(C)C. The van der Waals surface area contributed by atoms with Gasteiger partial charge in [-0.15, -0.1) is 0 Å². The summed E-state index contributed by atoms with van der Waals surface area (Å²) in [6, 6.07) is 0. The molecule has 0 N–H and O–H groups in total. The van der Waals surface area contributed by atoms with Gasteiger partial charge in [0.2, 0.25) is 0 Å². The zero-order valence-corrected chi connectivity index (χ0v) is 9.59. The fourth-order valence-electron chi connectivity index (χ4n) is 2.48. The van der Waals surface area contributed by atoms with Crippen LogP contribution in [-0.4, -0.2) is 13.1 Å². The topological polar surface area (TPSA) is 26.3 Å². The van der Waals surface area contributed by atoms with E-state index in [1.165, 1.54) is 12.7 Å². The maximum Gasteiger partial charge on any atom is 0.309 e. The van der Waals surface area contributed by atoms with Crippen LogP contribution in [0.5, 0.6) is 0 Å². The van der Waals surface area contributed by atoms with Gasteiger partial charge in [-0.2, -0.15) is 0 Å². The highest BCUT2D eigenvalue weighted by Crippen LogP contribution is 2.47. The third kappa shape index (κ3) is 1.70. The Balaban J connectivity index is 2.96. The highest BCUT2D eigenvalue weighted by Gasteiger charge is 2.44. The average Bonchev–Trinajstić information content (AvgIpc) is 2.11. The molecule has 1 aliphatic rings. The van der Waals surface area contributed by atoms with Crippen LogP contribution in [0.25, 0.3) is 0 Å². The lowest BCUT2D eigenvalue weighted by atomic mass is 9.62. The Kier molecular flexibility index (Phi) is 3.03. The summed E-state index contributed by atoms with van der Waals surface area (Å²) in [7, 11) is 1.46. The predicted octanol–water partition coefficient (Wildman–Crippen LogP) is 2.79. The number of hydrogen-bond acceptors (Lipinski definition) is 2. The van der Waals surface area contributed by atoms with Crippen molar-refractivity contribution in [2.75, 3.05) is 7.11 Å². The van der Waals surface area contributed by atoms with Crippen LogP contribution >= 0.6 is 0 Å². The first-order valence-electron chi connectivity index (χ1n) is 5.17. The van der Waals surface area contributed by atoms with E-state index in [-0.39, 0.29) is 17.3 Å². The van der Waals surface area contributed by atoms with E-state index in [1.807, 2.05) is 0 Å². The first-order chi connectivity index (χ1) is 6.41. The summed E-state index contributed by atoms with van der Waals surface area (Å²) in [6.45, 7) is 10.4. The molecular formula is C12H20O2. The molecule has 14 heavy (non-hydrogen) atoms. The summed E-state index contributed by atoms with van der Waals surface area (Å²) in [4.78, 5) is 11.7. The lowest BCUT2D eigenvalue weighted by Crippen LogP contribution is -2.41.